The van der Waals surface area contributed by atoms with Crippen LogP contribution >= 0.6 is 0 Å². The lowest BCUT2D eigenvalue weighted by Crippen LogP contribution is -2.49. The molecule has 1 amide bonds. The molecule has 0 fully saturated rings. The number of esters is 1. The third-order valence-electron chi connectivity index (χ3n) is 3.28. The van der Waals surface area contributed by atoms with Crippen LogP contribution in [0.2, 0.25) is 0 Å². The van der Waals surface area contributed by atoms with E-state index in [1.54, 1.807) is 32.1 Å². The van der Waals surface area contributed by atoms with Crippen LogP contribution in [0, 0.1) is 0 Å². The Morgan fingerprint density at radius 1 is 1.00 bits per heavy atom. The highest BCUT2D eigenvalue weighted by molar-refractivity contribution is 5.96. The van der Waals surface area contributed by atoms with Crippen LogP contribution in [0.15, 0.2) is 18.2 Å². The van der Waals surface area contributed by atoms with E-state index in [9.17, 15) is 9.59 Å². The summed E-state index contributed by atoms with van der Waals surface area (Å²) < 4.78 is 20.5. The van der Waals surface area contributed by atoms with Crippen molar-refractivity contribution in [3.63, 3.8) is 0 Å². The number of carbonyl (C=O) groups is 2. The molecule has 0 atom stereocenters. The van der Waals surface area contributed by atoms with E-state index in [4.69, 9.17) is 14.2 Å². The molecule has 0 aliphatic heterocycles. The molecule has 7 heteroatoms. The Kier molecular flexibility index (Phi) is 6.64. The Morgan fingerprint density at radius 3 is 2.12 bits per heavy atom. The van der Waals surface area contributed by atoms with Gasteiger partial charge < -0.3 is 24.3 Å². The van der Waals surface area contributed by atoms with Crippen LogP contribution < -0.4 is 19.5 Å². The molecule has 132 valence electrons. The van der Waals surface area contributed by atoms with Crippen molar-refractivity contribution in [3.05, 3.63) is 23.8 Å². The second-order valence-corrected chi connectivity index (χ2v) is 5.36. The highest BCUT2D eigenvalue weighted by atomic mass is 16.5. The number of hydrogen-bond donors (Lipinski definition) is 1. The van der Waals surface area contributed by atoms with E-state index in [0.717, 1.165) is 0 Å². The summed E-state index contributed by atoms with van der Waals surface area (Å²) in [6, 6.07) is 3.44. The zero-order valence-corrected chi connectivity index (χ0v) is 14.8. The summed E-state index contributed by atoms with van der Waals surface area (Å²) in [4.78, 5) is 23.6. The Morgan fingerprint density at radius 2 is 1.62 bits per heavy atom. The smallest absolute Gasteiger partial charge is 0.330 e. The van der Waals surface area contributed by atoms with E-state index in [1.807, 2.05) is 0 Å². The number of ether oxygens (including phenoxy) is 4. The molecule has 7 nitrogen and oxygen atoms in total. The van der Waals surface area contributed by atoms with Crippen LogP contribution in [-0.2, 0) is 14.3 Å². The van der Waals surface area contributed by atoms with Gasteiger partial charge in [-0.15, -0.1) is 0 Å². The average Bonchev–Trinajstić information content (AvgIpc) is 2.57. The average molecular weight is 337 g/mol. The minimum Gasteiger partial charge on any atom is -0.493 e. The molecule has 0 saturated heterocycles. The maximum absolute atomic E-state index is 12.0. The standard InChI is InChI=1S/C17H23NO6/c1-17(2,16(20)24-6)18-13(19)10-8-11-7-9-12(21-3)15(23-5)14(11)22-4/h7-10H,1-6H3,(H,18,19). The van der Waals surface area contributed by atoms with Gasteiger partial charge >= 0.3 is 5.97 Å². The fraction of sp³-hybridized carbons (Fsp3) is 0.412. The lowest BCUT2D eigenvalue weighted by atomic mass is 10.1. The van der Waals surface area contributed by atoms with Gasteiger partial charge in [0.2, 0.25) is 11.7 Å². The largest absolute Gasteiger partial charge is 0.493 e. The predicted octanol–water partition coefficient (Wildman–Crippen LogP) is 1.79. The SMILES string of the molecule is COC(=O)C(C)(C)NC(=O)C=Cc1ccc(OC)c(OC)c1OC. The normalized spacial score (nSPS) is 11.1. The quantitative estimate of drug-likeness (QED) is 0.603. The van der Waals surface area contributed by atoms with Gasteiger partial charge in [-0.2, -0.15) is 0 Å². The van der Waals surface area contributed by atoms with Gasteiger partial charge in [-0.25, -0.2) is 4.79 Å². The molecule has 0 spiro atoms. The van der Waals surface area contributed by atoms with E-state index in [-0.39, 0.29) is 0 Å². The summed E-state index contributed by atoms with van der Waals surface area (Å²) in [5.74, 6) is 0.406. The van der Waals surface area contributed by atoms with Gasteiger partial charge in [0.05, 0.1) is 28.4 Å². The lowest BCUT2D eigenvalue weighted by Gasteiger charge is -2.22. The molecule has 0 aromatic heterocycles. The molecule has 1 rings (SSSR count). The fourth-order valence-electron chi connectivity index (χ4n) is 2.08. The Bertz CT molecular complexity index is 636. The number of methoxy groups -OCH3 is 4. The number of amides is 1. The molecule has 0 radical (unpaired) electrons. The van der Waals surface area contributed by atoms with Crippen molar-refractivity contribution in [2.45, 2.75) is 19.4 Å². The third kappa shape index (κ3) is 4.41. The molecular weight excluding hydrogens is 314 g/mol. The van der Waals surface area contributed by atoms with Gasteiger partial charge in [0.25, 0.3) is 0 Å². The van der Waals surface area contributed by atoms with Gasteiger partial charge in [-0.1, -0.05) is 0 Å². The minimum atomic E-state index is -1.13. The lowest BCUT2D eigenvalue weighted by molar-refractivity contribution is -0.148. The molecule has 1 N–H and O–H groups in total. The second kappa shape index (κ2) is 8.24. The molecule has 0 heterocycles. The number of rotatable bonds is 7. The Hall–Kier alpha value is -2.70. The van der Waals surface area contributed by atoms with Crippen LogP contribution in [0.25, 0.3) is 6.08 Å². The molecule has 0 saturated carbocycles. The summed E-state index contributed by atoms with van der Waals surface area (Å²) in [7, 11) is 5.78. The number of hydrogen-bond acceptors (Lipinski definition) is 6. The van der Waals surface area contributed by atoms with Crippen LogP contribution in [0.3, 0.4) is 0 Å². The maximum atomic E-state index is 12.0. The first-order chi connectivity index (χ1) is 11.3. The number of carbonyl (C=O) groups excluding carboxylic acids is 2. The molecule has 1 aromatic carbocycles. The third-order valence-corrected chi connectivity index (χ3v) is 3.28. The van der Waals surface area contributed by atoms with Crippen molar-refractivity contribution in [2.75, 3.05) is 28.4 Å². The van der Waals surface area contributed by atoms with Crippen LogP contribution in [0.1, 0.15) is 19.4 Å². The highest BCUT2D eigenvalue weighted by Crippen LogP contribution is 2.40. The van der Waals surface area contributed by atoms with E-state index < -0.39 is 17.4 Å². The van der Waals surface area contributed by atoms with Gasteiger partial charge in [-0.05, 0) is 32.1 Å². The number of nitrogens with one attached hydrogen (secondary N) is 1. The summed E-state index contributed by atoms with van der Waals surface area (Å²) in [6.45, 7) is 3.11. The zero-order chi connectivity index (χ0) is 18.3. The topological polar surface area (TPSA) is 83.1 Å². The summed E-state index contributed by atoms with van der Waals surface area (Å²) >= 11 is 0. The van der Waals surface area contributed by atoms with Crippen molar-refractivity contribution in [2.24, 2.45) is 0 Å². The monoisotopic (exact) mass is 337 g/mol. The second-order valence-electron chi connectivity index (χ2n) is 5.36. The van der Waals surface area contributed by atoms with E-state index >= 15 is 0 Å². The number of benzene rings is 1. The maximum Gasteiger partial charge on any atom is 0.330 e. The van der Waals surface area contributed by atoms with Gasteiger partial charge in [-0.3, -0.25) is 4.79 Å². The van der Waals surface area contributed by atoms with Crippen LogP contribution in [-0.4, -0.2) is 45.9 Å². The fourth-order valence-corrected chi connectivity index (χ4v) is 2.08. The van der Waals surface area contributed by atoms with Gasteiger partial charge in [0, 0.05) is 11.6 Å². The Balaban J connectivity index is 3.02. The molecule has 0 unspecified atom stereocenters. The zero-order valence-electron chi connectivity index (χ0n) is 14.8. The van der Waals surface area contributed by atoms with Gasteiger partial charge in [0.1, 0.15) is 5.54 Å². The molecular formula is C17H23NO6. The van der Waals surface area contributed by atoms with Crippen molar-refractivity contribution in [1.29, 1.82) is 0 Å². The van der Waals surface area contributed by atoms with Crippen molar-refractivity contribution in [1.82, 2.24) is 5.32 Å². The molecule has 0 bridgehead atoms. The molecule has 1 aromatic rings. The van der Waals surface area contributed by atoms with E-state index in [2.05, 4.69) is 10.1 Å². The Labute approximate surface area is 141 Å². The van der Waals surface area contributed by atoms with Crippen LogP contribution in [0.5, 0.6) is 17.2 Å². The van der Waals surface area contributed by atoms with Crippen molar-refractivity contribution >= 4 is 18.0 Å². The predicted molar refractivity (Wildman–Crippen MR) is 89.4 cm³/mol. The molecule has 0 aliphatic carbocycles. The summed E-state index contributed by atoms with van der Waals surface area (Å²) in [5.41, 5.74) is -0.501. The van der Waals surface area contributed by atoms with Crippen LogP contribution in [0.4, 0.5) is 0 Å². The first-order valence-corrected chi connectivity index (χ1v) is 7.18. The first kappa shape index (κ1) is 19.3. The summed E-state index contributed by atoms with van der Waals surface area (Å²) in [6.07, 6.45) is 2.86. The highest BCUT2D eigenvalue weighted by Gasteiger charge is 2.29. The van der Waals surface area contributed by atoms with Crippen molar-refractivity contribution in [3.8, 4) is 17.2 Å². The van der Waals surface area contributed by atoms with E-state index in [1.165, 1.54) is 34.5 Å². The van der Waals surface area contributed by atoms with Gasteiger partial charge in [0.15, 0.2) is 11.5 Å². The minimum absolute atomic E-state index is 0.428. The summed E-state index contributed by atoms with van der Waals surface area (Å²) in [5, 5.41) is 2.57. The molecule has 0 aliphatic rings. The van der Waals surface area contributed by atoms with E-state index in [0.29, 0.717) is 22.8 Å². The first-order valence-electron chi connectivity index (χ1n) is 7.18. The van der Waals surface area contributed by atoms with Crippen molar-refractivity contribution < 1.29 is 28.5 Å². The molecule has 24 heavy (non-hydrogen) atoms.